The molecule has 0 bridgehead atoms. The lowest BCUT2D eigenvalue weighted by Gasteiger charge is -2.18. The minimum absolute atomic E-state index is 0.0781. The van der Waals surface area contributed by atoms with Crippen LogP contribution in [-0.2, 0) is 4.79 Å². The molecule has 132 valence electrons. The summed E-state index contributed by atoms with van der Waals surface area (Å²) in [4.78, 5) is 24.2. The molecule has 0 saturated carbocycles. The van der Waals surface area contributed by atoms with Crippen LogP contribution in [0.15, 0.2) is 42.5 Å². The molecule has 0 saturated heterocycles. The predicted molar refractivity (Wildman–Crippen MR) is 97.8 cm³/mol. The molecule has 2 aromatic carbocycles. The molecule has 2 N–H and O–H groups in total. The van der Waals surface area contributed by atoms with Crippen LogP contribution in [0.2, 0.25) is 0 Å². The maximum absolute atomic E-state index is 12.1. The van der Waals surface area contributed by atoms with Crippen molar-refractivity contribution in [3.8, 4) is 5.75 Å². The zero-order valence-electron chi connectivity index (χ0n) is 15.1. The number of amides is 2. The highest BCUT2D eigenvalue weighted by atomic mass is 16.5. The first-order valence-corrected chi connectivity index (χ1v) is 8.19. The van der Waals surface area contributed by atoms with Gasteiger partial charge in [0.05, 0.1) is 19.7 Å². The summed E-state index contributed by atoms with van der Waals surface area (Å²) in [7, 11) is 1.60. The van der Waals surface area contributed by atoms with Gasteiger partial charge in [-0.1, -0.05) is 35.4 Å². The Kier molecular flexibility index (Phi) is 6.17. The van der Waals surface area contributed by atoms with Crippen LogP contribution in [0.25, 0.3) is 0 Å². The van der Waals surface area contributed by atoms with Gasteiger partial charge in [-0.05, 0) is 39.0 Å². The first-order chi connectivity index (χ1) is 11.9. The lowest BCUT2D eigenvalue weighted by molar-refractivity contribution is -0.120. The predicted octanol–water partition coefficient (Wildman–Crippen LogP) is 2.92. The minimum atomic E-state index is -0.264. The van der Waals surface area contributed by atoms with Crippen LogP contribution < -0.4 is 15.4 Å². The fourth-order valence-electron chi connectivity index (χ4n) is 2.61. The molecular formula is C20H24N2O3. The Bertz CT molecular complexity index is 771. The smallest absolute Gasteiger partial charge is 0.251 e. The largest absolute Gasteiger partial charge is 0.496 e. The van der Waals surface area contributed by atoms with Gasteiger partial charge in [-0.15, -0.1) is 0 Å². The Balaban J connectivity index is 1.94. The topological polar surface area (TPSA) is 67.4 Å². The van der Waals surface area contributed by atoms with Gasteiger partial charge in [0.2, 0.25) is 5.91 Å². The standard InChI is InChI=1S/C20H24N2O3/c1-13-6-5-7-16(10-13)20(24)21-12-19(23)22-15(3)17-11-14(2)8-9-18(17)25-4/h5-11,15H,12H2,1-4H3,(H,21,24)(H,22,23)/t15-/m1/s1. The van der Waals surface area contributed by atoms with Gasteiger partial charge >= 0.3 is 0 Å². The van der Waals surface area contributed by atoms with Crippen molar-refractivity contribution in [1.82, 2.24) is 10.6 Å². The number of hydrogen-bond acceptors (Lipinski definition) is 3. The van der Waals surface area contributed by atoms with Crippen LogP contribution in [0, 0.1) is 13.8 Å². The highest BCUT2D eigenvalue weighted by Gasteiger charge is 2.15. The maximum atomic E-state index is 12.1. The zero-order chi connectivity index (χ0) is 18.4. The van der Waals surface area contributed by atoms with Crippen LogP contribution in [0.1, 0.15) is 40.0 Å². The number of carbonyl (C=O) groups excluding carboxylic acids is 2. The monoisotopic (exact) mass is 340 g/mol. The minimum Gasteiger partial charge on any atom is -0.496 e. The molecule has 1 atom stereocenters. The molecular weight excluding hydrogens is 316 g/mol. The number of ether oxygens (including phenoxy) is 1. The quantitative estimate of drug-likeness (QED) is 0.850. The van der Waals surface area contributed by atoms with Crippen molar-refractivity contribution in [3.63, 3.8) is 0 Å². The number of aryl methyl sites for hydroxylation is 2. The van der Waals surface area contributed by atoms with Crippen LogP contribution in [-0.4, -0.2) is 25.5 Å². The number of nitrogens with one attached hydrogen (secondary N) is 2. The van der Waals surface area contributed by atoms with Crippen molar-refractivity contribution in [2.75, 3.05) is 13.7 Å². The molecule has 2 amide bonds. The van der Waals surface area contributed by atoms with Gasteiger partial charge in [0.1, 0.15) is 5.75 Å². The summed E-state index contributed by atoms with van der Waals surface area (Å²) in [5.74, 6) is 0.207. The summed E-state index contributed by atoms with van der Waals surface area (Å²) in [6, 6.07) is 12.8. The SMILES string of the molecule is COc1ccc(C)cc1[C@@H](C)NC(=O)CNC(=O)c1cccc(C)c1. The molecule has 0 unspecified atom stereocenters. The molecule has 0 fully saturated rings. The summed E-state index contributed by atoms with van der Waals surface area (Å²) < 4.78 is 5.35. The van der Waals surface area contributed by atoms with Crippen molar-refractivity contribution in [3.05, 3.63) is 64.7 Å². The van der Waals surface area contributed by atoms with E-state index in [1.54, 1.807) is 19.2 Å². The molecule has 2 aromatic rings. The summed E-state index contributed by atoms with van der Waals surface area (Å²) in [5, 5.41) is 5.52. The lowest BCUT2D eigenvalue weighted by Crippen LogP contribution is -2.38. The molecule has 0 spiro atoms. The van der Waals surface area contributed by atoms with Gasteiger partial charge in [0.25, 0.3) is 5.91 Å². The molecule has 25 heavy (non-hydrogen) atoms. The number of carbonyl (C=O) groups is 2. The average Bonchev–Trinajstić information content (AvgIpc) is 2.59. The average molecular weight is 340 g/mol. The molecule has 0 aliphatic rings. The third-order valence-electron chi connectivity index (χ3n) is 3.92. The second-order valence-electron chi connectivity index (χ2n) is 6.09. The highest BCUT2D eigenvalue weighted by Crippen LogP contribution is 2.25. The van der Waals surface area contributed by atoms with E-state index in [1.807, 2.05) is 51.1 Å². The number of rotatable bonds is 6. The molecule has 0 heterocycles. The Morgan fingerprint density at radius 2 is 1.80 bits per heavy atom. The molecule has 2 rings (SSSR count). The van der Waals surface area contributed by atoms with E-state index in [1.165, 1.54) is 0 Å². The van der Waals surface area contributed by atoms with Gasteiger partial charge in [-0.25, -0.2) is 0 Å². The van der Waals surface area contributed by atoms with Crippen LogP contribution in [0.5, 0.6) is 5.75 Å². The molecule has 0 aliphatic heterocycles. The second kappa shape index (κ2) is 8.33. The lowest BCUT2D eigenvalue weighted by atomic mass is 10.0. The van der Waals surface area contributed by atoms with E-state index in [0.29, 0.717) is 5.56 Å². The Morgan fingerprint density at radius 3 is 2.48 bits per heavy atom. The zero-order valence-corrected chi connectivity index (χ0v) is 15.1. The van der Waals surface area contributed by atoms with E-state index in [2.05, 4.69) is 10.6 Å². The molecule has 0 aliphatic carbocycles. The van der Waals surface area contributed by atoms with Gasteiger partial charge in [0, 0.05) is 11.1 Å². The van der Waals surface area contributed by atoms with Gasteiger partial charge in [-0.2, -0.15) is 0 Å². The third kappa shape index (κ3) is 5.08. The van der Waals surface area contributed by atoms with Gasteiger partial charge < -0.3 is 15.4 Å². The van der Waals surface area contributed by atoms with E-state index < -0.39 is 0 Å². The van der Waals surface area contributed by atoms with Crippen LogP contribution >= 0.6 is 0 Å². The van der Waals surface area contributed by atoms with Crippen molar-refractivity contribution < 1.29 is 14.3 Å². The van der Waals surface area contributed by atoms with Gasteiger partial charge in [0.15, 0.2) is 0 Å². The summed E-state index contributed by atoms with van der Waals surface area (Å²) in [6.07, 6.45) is 0. The number of benzene rings is 2. The van der Waals surface area contributed by atoms with Crippen molar-refractivity contribution >= 4 is 11.8 Å². The Labute approximate surface area is 148 Å². The van der Waals surface area contributed by atoms with E-state index in [9.17, 15) is 9.59 Å². The number of methoxy groups -OCH3 is 1. The Morgan fingerprint density at radius 1 is 1.08 bits per heavy atom. The van der Waals surface area contributed by atoms with E-state index in [-0.39, 0.29) is 24.4 Å². The molecule has 0 radical (unpaired) electrons. The van der Waals surface area contributed by atoms with E-state index in [4.69, 9.17) is 4.74 Å². The maximum Gasteiger partial charge on any atom is 0.251 e. The molecule has 5 nitrogen and oxygen atoms in total. The molecule has 0 aromatic heterocycles. The normalized spacial score (nSPS) is 11.5. The Hall–Kier alpha value is -2.82. The van der Waals surface area contributed by atoms with Crippen molar-refractivity contribution in [1.29, 1.82) is 0 Å². The first kappa shape index (κ1) is 18.5. The van der Waals surface area contributed by atoms with E-state index >= 15 is 0 Å². The van der Waals surface area contributed by atoms with Crippen molar-refractivity contribution in [2.24, 2.45) is 0 Å². The fourth-order valence-corrected chi connectivity index (χ4v) is 2.61. The first-order valence-electron chi connectivity index (χ1n) is 8.19. The van der Waals surface area contributed by atoms with Crippen LogP contribution in [0.4, 0.5) is 0 Å². The third-order valence-corrected chi connectivity index (χ3v) is 3.92. The molecule has 5 heteroatoms. The van der Waals surface area contributed by atoms with Crippen molar-refractivity contribution in [2.45, 2.75) is 26.8 Å². The summed E-state index contributed by atoms with van der Waals surface area (Å²) in [6.45, 7) is 5.71. The highest BCUT2D eigenvalue weighted by molar-refractivity contribution is 5.96. The summed E-state index contributed by atoms with van der Waals surface area (Å²) >= 11 is 0. The van der Waals surface area contributed by atoms with Gasteiger partial charge in [-0.3, -0.25) is 9.59 Å². The van der Waals surface area contributed by atoms with Crippen LogP contribution in [0.3, 0.4) is 0 Å². The summed E-state index contributed by atoms with van der Waals surface area (Å²) in [5.41, 5.74) is 3.53. The fraction of sp³-hybridized carbons (Fsp3) is 0.300. The second-order valence-corrected chi connectivity index (χ2v) is 6.09. The number of hydrogen-bond donors (Lipinski definition) is 2. The van der Waals surface area contributed by atoms with E-state index in [0.717, 1.165) is 22.4 Å².